The largest absolute Gasteiger partial charge is 0.478 e. The van der Waals surface area contributed by atoms with E-state index in [2.05, 4.69) is 10.6 Å². The molecule has 0 spiro atoms. The summed E-state index contributed by atoms with van der Waals surface area (Å²) < 4.78 is 0. The van der Waals surface area contributed by atoms with Crippen molar-refractivity contribution < 1.29 is 39.6 Å². The number of carbonyl (C=O) groups excluding carboxylic acids is 2. The Bertz CT molecular complexity index is 973. The van der Waals surface area contributed by atoms with Crippen LogP contribution in [0.1, 0.15) is 41.4 Å². The van der Waals surface area contributed by atoms with Crippen LogP contribution in [0.25, 0.3) is 11.1 Å². The Labute approximate surface area is 170 Å². The topological polar surface area (TPSA) is 173 Å². The van der Waals surface area contributed by atoms with Gasteiger partial charge in [-0.1, -0.05) is 30.3 Å². The predicted octanol–water partition coefficient (Wildman–Crippen LogP) is 0.194. The number of aliphatic hydroxyl groups is 2. The highest BCUT2D eigenvalue weighted by Crippen LogP contribution is 2.32. The van der Waals surface area contributed by atoms with Crippen LogP contribution in [0, 0.1) is 0 Å². The average molecular weight is 416 g/mol. The smallest absolute Gasteiger partial charge is 0.337 e. The summed E-state index contributed by atoms with van der Waals surface area (Å²) in [6.45, 7) is -1.27. The van der Waals surface area contributed by atoms with E-state index < -0.39 is 53.7 Å². The second-order valence-electron chi connectivity index (χ2n) is 6.03. The van der Waals surface area contributed by atoms with Crippen molar-refractivity contribution in [2.24, 2.45) is 0 Å². The highest BCUT2D eigenvalue weighted by atomic mass is 16.4. The molecule has 0 atom stereocenters. The van der Waals surface area contributed by atoms with Crippen molar-refractivity contribution in [3.8, 4) is 11.1 Å². The summed E-state index contributed by atoms with van der Waals surface area (Å²) in [5.41, 5.74) is -2.12. The van der Waals surface area contributed by atoms with Crippen molar-refractivity contribution in [1.29, 1.82) is 0 Å². The quantitative estimate of drug-likeness (QED) is 0.336. The van der Waals surface area contributed by atoms with Crippen molar-refractivity contribution in [2.75, 3.05) is 26.3 Å². The van der Waals surface area contributed by atoms with E-state index in [0.717, 1.165) is 6.07 Å². The fraction of sp³-hybridized carbons (Fsp3) is 0.200. The molecule has 30 heavy (non-hydrogen) atoms. The van der Waals surface area contributed by atoms with Crippen molar-refractivity contribution in [3.05, 3.63) is 58.7 Å². The summed E-state index contributed by atoms with van der Waals surface area (Å²) in [5, 5.41) is 41.8. The van der Waals surface area contributed by atoms with Crippen LogP contribution in [-0.4, -0.2) is 70.5 Å². The lowest BCUT2D eigenvalue weighted by Gasteiger charge is -2.19. The molecule has 0 aliphatic rings. The van der Waals surface area contributed by atoms with Crippen LogP contribution >= 0.6 is 0 Å². The minimum Gasteiger partial charge on any atom is -0.478 e. The molecular formula is C20H20N2O8. The Morgan fingerprint density at radius 2 is 1.27 bits per heavy atom. The summed E-state index contributed by atoms with van der Waals surface area (Å²) >= 11 is 0. The van der Waals surface area contributed by atoms with Gasteiger partial charge in [0.25, 0.3) is 11.8 Å². The molecule has 6 N–H and O–H groups in total. The number of hydrogen-bond donors (Lipinski definition) is 6. The molecule has 0 saturated carbocycles. The van der Waals surface area contributed by atoms with Crippen molar-refractivity contribution in [1.82, 2.24) is 10.6 Å². The maximum Gasteiger partial charge on any atom is 0.337 e. The predicted molar refractivity (Wildman–Crippen MR) is 105 cm³/mol. The zero-order valence-corrected chi connectivity index (χ0v) is 15.7. The van der Waals surface area contributed by atoms with Crippen LogP contribution in [0.4, 0.5) is 0 Å². The Morgan fingerprint density at radius 3 is 1.73 bits per heavy atom. The average Bonchev–Trinajstić information content (AvgIpc) is 2.74. The van der Waals surface area contributed by atoms with E-state index in [4.69, 9.17) is 10.2 Å². The lowest BCUT2D eigenvalue weighted by atomic mass is 9.87. The fourth-order valence-corrected chi connectivity index (χ4v) is 2.90. The Hall–Kier alpha value is -3.76. The van der Waals surface area contributed by atoms with Crippen molar-refractivity contribution >= 4 is 23.8 Å². The number of hydrogen-bond acceptors (Lipinski definition) is 6. The van der Waals surface area contributed by atoms with Crippen LogP contribution in [0.3, 0.4) is 0 Å². The first-order valence-corrected chi connectivity index (χ1v) is 8.84. The Balaban J connectivity index is 2.95. The van der Waals surface area contributed by atoms with Gasteiger partial charge in [0.15, 0.2) is 0 Å². The molecule has 2 amide bonds. The number of carbonyl (C=O) groups is 4. The van der Waals surface area contributed by atoms with E-state index in [9.17, 15) is 29.4 Å². The molecule has 0 heterocycles. The van der Waals surface area contributed by atoms with Crippen molar-refractivity contribution in [2.45, 2.75) is 0 Å². The van der Waals surface area contributed by atoms with Gasteiger partial charge in [-0.05, 0) is 17.2 Å². The third-order valence-electron chi connectivity index (χ3n) is 4.11. The van der Waals surface area contributed by atoms with E-state index in [1.807, 2.05) is 0 Å². The maximum atomic E-state index is 12.9. The first kappa shape index (κ1) is 22.5. The minimum atomic E-state index is -1.71. The lowest BCUT2D eigenvalue weighted by Crippen LogP contribution is -2.34. The molecule has 0 aliphatic carbocycles. The molecule has 0 bridgehead atoms. The highest BCUT2D eigenvalue weighted by molar-refractivity contribution is 6.19. The molecule has 0 unspecified atom stereocenters. The zero-order chi connectivity index (χ0) is 22.3. The number of amides is 2. The normalized spacial score (nSPS) is 10.3. The lowest BCUT2D eigenvalue weighted by molar-refractivity contribution is 0.0648. The molecule has 158 valence electrons. The Kier molecular flexibility index (Phi) is 7.62. The molecule has 0 aliphatic heterocycles. The standard InChI is InChI=1S/C20H20N2O8/c23-8-6-21-17(25)14-12(11-4-2-1-3-5-11)10-13(19(27)28)15(20(29)30)16(14)18(26)22-7-9-24/h1-5,10,23-24H,6-9H2,(H,21,25)(H,22,26)(H,27,28)(H,29,30). The summed E-state index contributed by atoms with van der Waals surface area (Å²) in [6.07, 6.45) is 0. The van der Waals surface area contributed by atoms with E-state index in [1.165, 1.54) is 0 Å². The second-order valence-corrected chi connectivity index (χ2v) is 6.03. The van der Waals surface area contributed by atoms with Crippen LogP contribution < -0.4 is 10.6 Å². The summed E-state index contributed by atoms with van der Waals surface area (Å²) in [4.78, 5) is 49.3. The minimum absolute atomic E-state index is 0.0302. The Morgan fingerprint density at radius 1 is 0.733 bits per heavy atom. The van der Waals surface area contributed by atoms with Gasteiger partial charge in [0, 0.05) is 13.1 Å². The second kappa shape index (κ2) is 10.1. The summed E-state index contributed by atoms with van der Waals surface area (Å²) in [5.74, 6) is -5.20. The van der Waals surface area contributed by atoms with Crippen molar-refractivity contribution in [3.63, 3.8) is 0 Å². The zero-order valence-electron chi connectivity index (χ0n) is 15.7. The van der Waals surface area contributed by atoms with Gasteiger partial charge in [-0.2, -0.15) is 0 Å². The van der Waals surface area contributed by atoms with Crippen LogP contribution in [0.15, 0.2) is 36.4 Å². The number of aromatic carboxylic acids is 2. The number of rotatable bonds is 9. The molecule has 10 heteroatoms. The number of carboxylic acid groups (broad SMARTS) is 2. The molecule has 0 saturated heterocycles. The summed E-state index contributed by atoms with van der Waals surface area (Å²) in [7, 11) is 0. The van der Waals surface area contributed by atoms with Crippen LogP contribution in [-0.2, 0) is 0 Å². The molecule has 2 aromatic rings. The first-order chi connectivity index (χ1) is 14.3. The molecule has 0 radical (unpaired) electrons. The molecule has 2 rings (SSSR count). The molecular weight excluding hydrogens is 396 g/mol. The number of benzene rings is 2. The molecule has 2 aromatic carbocycles. The van der Waals surface area contributed by atoms with Gasteiger partial charge in [-0.25, -0.2) is 9.59 Å². The SMILES string of the molecule is O=C(O)c1cc(-c2ccccc2)c(C(=O)NCCO)c(C(=O)NCCO)c1C(=O)O. The van der Waals surface area contributed by atoms with Gasteiger partial charge in [0.1, 0.15) is 0 Å². The summed E-state index contributed by atoms with van der Waals surface area (Å²) in [6, 6.07) is 9.11. The van der Waals surface area contributed by atoms with Crippen LogP contribution in [0.2, 0.25) is 0 Å². The molecule has 0 aromatic heterocycles. The fourth-order valence-electron chi connectivity index (χ4n) is 2.90. The van der Waals surface area contributed by atoms with Crippen LogP contribution in [0.5, 0.6) is 0 Å². The van der Waals surface area contributed by atoms with E-state index in [0.29, 0.717) is 5.56 Å². The van der Waals surface area contributed by atoms with Gasteiger partial charge in [-0.3, -0.25) is 9.59 Å². The monoisotopic (exact) mass is 416 g/mol. The van der Waals surface area contributed by atoms with Gasteiger partial charge < -0.3 is 31.1 Å². The van der Waals surface area contributed by atoms with Gasteiger partial charge in [0.2, 0.25) is 0 Å². The number of nitrogens with one attached hydrogen (secondary N) is 2. The third kappa shape index (κ3) is 4.80. The van der Waals surface area contributed by atoms with E-state index in [-0.39, 0.29) is 24.2 Å². The first-order valence-electron chi connectivity index (χ1n) is 8.84. The number of carboxylic acids is 2. The van der Waals surface area contributed by atoms with E-state index >= 15 is 0 Å². The van der Waals surface area contributed by atoms with Gasteiger partial charge in [-0.15, -0.1) is 0 Å². The maximum absolute atomic E-state index is 12.9. The highest BCUT2D eigenvalue weighted by Gasteiger charge is 2.32. The van der Waals surface area contributed by atoms with Gasteiger partial charge >= 0.3 is 11.9 Å². The van der Waals surface area contributed by atoms with E-state index in [1.54, 1.807) is 30.3 Å². The number of aliphatic hydroxyl groups excluding tert-OH is 2. The van der Waals surface area contributed by atoms with Gasteiger partial charge in [0.05, 0.1) is 35.5 Å². The molecule has 0 fully saturated rings. The third-order valence-corrected chi connectivity index (χ3v) is 4.11. The molecule has 10 nitrogen and oxygen atoms in total.